The van der Waals surface area contributed by atoms with Crippen molar-refractivity contribution in [2.45, 2.75) is 18.4 Å². The van der Waals surface area contributed by atoms with E-state index in [1.54, 1.807) is 60.7 Å². The molecule has 0 fully saturated rings. The maximum atomic E-state index is 12.5. The molecule has 0 atom stereocenters. The molecule has 3 rings (SSSR count). The van der Waals surface area contributed by atoms with Gasteiger partial charge in [-0.1, -0.05) is 42.0 Å². The minimum Gasteiger partial charge on any atom is -0.488 e. The van der Waals surface area contributed by atoms with Crippen LogP contribution in [0.1, 0.15) is 31.8 Å². The highest BCUT2D eigenvalue weighted by molar-refractivity contribution is 7.89. The van der Waals surface area contributed by atoms with Crippen LogP contribution in [-0.4, -0.2) is 33.3 Å². The van der Waals surface area contributed by atoms with Crippen LogP contribution in [0.3, 0.4) is 0 Å². The van der Waals surface area contributed by atoms with Gasteiger partial charge in [0.25, 0.3) is 11.8 Å². The first-order chi connectivity index (χ1) is 15.8. The summed E-state index contributed by atoms with van der Waals surface area (Å²) in [7, 11) is -3.64. The van der Waals surface area contributed by atoms with Crippen LogP contribution in [0.5, 0.6) is 5.75 Å². The van der Waals surface area contributed by atoms with Crippen LogP contribution in [0.25, 0.3) is 0 Å². The Balaban J connectivity index is 1.52. The monoisotopic (exact) mass is 467 g/mol. The molecule has 0 heterocycles. The van der Waals surface area contributed by atoms with E-state index in [-0.39, 0.29) is 36.1 Å². The van der Waals surface area contributed by atoms with E-state index in [1.165, 1.54) is 12.1 Å². The summed E-state index contributed by atoms with van der Waals surface area (Å²) < 4.78 is 32.7. The Hall–Kier alpha value is -3.69. The van der Waals surface area contributed by atoms with Gasteiger partial charge in [0.15, 0.2) is 0 Å². The Morgan fingerprint density at radius 3 is 2.39 bits per heavy atom. The normalized spacial score (nSPS) is 11.1. The number of sulfonamides is 1. The van der Waals surface area contributed by atoms with E-state index in [2.05, 4.69) is 10.0 Å². The number of nitrogens with two attached hydrogens (primary N) is 1. The molecular weight excluding hydrogens is 442 g/mol. The molecule has 0 bridgehead atoms. The second-order valence-electron chi connectivity index (χ2n) is 7.32. The number of ether oxygens (including phenoxy) is 1. The first-order valence-electron chi connectivity index (χ1n) is 10.2. The minimum absolute atomic E-state index is 0.0503. The summed E-state index contributed by atoms with van der Waals surface area (Å²) >= 11 is 0. The Bertz CT molecular complexity index is 1240. The van der Waals surface area contributed by atoms with Gasteiger partial charge in [0.1, 0.15) is 12.4 Å². The first kappa shape index (κ1) is 24.0. The molecule has 0 aromatic heterocycles. The third-order valence-electron chi connectivity index (χ3n) is 4.77. The number of aryl methyl sites for hydroxylation is 1. The number of benzene rings is 3. The number of hydrogen-bond acceptors (Lipinski definition) is 5. The summed E-state index contributed by atoms with van der Waals surface area (Å²) in [4.78, 5) is 24.1. The molecule has 0 saturated carbocycles. The van der Waals surface area contributed by atoms with Gasteiger partial charge < -0.3 is 15.8 Å². The van der Waals surface area contributed by atoms with Gasteiger partial charge in [0.05, 0.1) is 10.5 Å². The van der Waals surface area contributed by atoms with Gasteiger partial charge in [-0.25, -0.2) is 13.1 Å². The van der Waals surface area contributed by atoms with Gasteiger partial charge in [-0.3, -0.25) is 9.59 Å². The standard InChI is InChI=1S/C24H25N3O5S/c1-17-9-11-20(12-10-17)33(30,31)27-14-13-26-24(29)19-6-4-5-18(15-19)16-32-22-8-3-2-7-21(22)23(25)28/h2-12,15,27H,13-14,16H2,1H3,(H2,25,28)(H,26,29). The number of primary amides is 1. The highest BCUT2D eigenvalue weighted by Gasteiger charge is 2.13. The number of carbonyl (C=O) groups is 2. The molecule has 0 saturated heterocycles. The zero-order valence-electron chi connectivity index (χ0n) is 18.1. The van der Waals surface area contributed by atoms with Crippen molar-refractivity contribution in [3.8, 4) is 5.75 Å². The van der Waals surface area contributed by atoms with Gasteiger partial charge >= 0.3 is 0 Å². The lowest BCUT2D eigenvalue weighted by atomic mass is 10.1. The molecular formula is C24H25N3O5S. The highest BCUT2D eigenvalue weighted by Crippen LogP contribution is 2.19. The fourth-order valence-corrected chi connectivity index (χ4v) is 4.06. The van der Waals surface area contributed by atoms with Crippen LogP contribution in [0.15, 0.2) is 77.7 Å². The zero-order valence-corrected chi connectivity index (χ0v) is 18.9. The minimum atomic E-state index is -3.64. The van der Waals surface area contributed by atoms with Gasteiger partial charge in [-0.05, 0) is 48.9 Å². The van der Waals surface area contributed by atoms with Crippen LogP contribution in [0.2, 0.25) is 0 Å². The molecule has 0 aliphatic heterocycles. The molecule has 172 valence electrons. The van der Waals surface area contributed by atoms with Crippen molar-refractivity contribution in [3.63, 3.8) is 0 Å². The van der Waals surface area contributed by atoms with Gasteiger partial charge in [-0.15, -0.1) is 0 Å². The second kappa shape index (κ2) is 10.8. The lowest BCUT2D eigenvalue weighted by molar-refractivity contribution is 0.0953. The summed E-state index contributed by atoms with van der Waals surface area (Å²) in [5.74, 6) is -0.568. The van der Waals surface area contributed by atoms with Gasteiger partial charge in [-0.2, -0.15) is 0 Å². The van der Waals surface area contributed by atoms with E-state index < -0.39 is 15.9 Å². The third-order valence-corrected chi connectivity index (χ3v) is 6.25. The molecule has 8 nitrogen and oxygen atoms in total. The van der Waals surface area contributed by atoms with Crippen molar-refractivity contribution >= 4 is 21.8 Å². The van der Waals surface area contributed by atoms with E-state index in [9.17, 15) is 18.0 Å². The molecule has 2 amide bonds. The topological polar surface area (TPSA) is 128 Å². The molecule has 3 aromatic carbocycles. The Morgan fingerprint density at radius 1 is 0.939 bits per heavy atom. The van der Waals surface area contributed by atoms with E-state index >= 15 is 0 Å². The van der Waals surface area contributed by atoms with Gasteiger partial charge in [0, 0.05) is 18.7 Å². The van der Waals surface area contributed by atoms with Crippen molar-refractivity contribution in [1.29, 1.82) is 0 Å². The van der Waals surface area contributed by atoms with Crippen LogP contribution in [0, 0.1) is 6.92 Å². The van der Waals surface area contributed by atoms with Crippen molar-refractivity contribution < 1.29 is 22.7 Å². The van der Waals surface area contributed by atoms with Gasteiger partial charge in [0.2, 0.25) is 10.0 Å². The maximum absolute atomic E-state index is 12.5. The van der Waals surface area contributed by atoms with Crippen molar-refractivity contribution in [2.75, 3.05) is 13.1 Å². The summed E-state index contributed by atoms with van der Waals surface area (Å²) in [6.07, 6.45) is 0. The first-order valence-corrected chi connectivity index (χ1v) is 11.7. The van der Waals surface area contributed by atoms with Crippen LogP contribution in [-0.2, 0) is 16.6 Å². The number of carbonyl (C=O) groups excluding carboxylic acids is 2. The largest absolute Gasteiger partial charge is 0.488 e. The smallest absolute Gasteiger partial charge is 0.252 e. The molecule has 0 radical (unpaired) electrons. The van der Waals surface area contributed by atoms with Crippen molar-refractivity contribution in [2.24, 2.45) is 5.73 Å². The van der Waals surface area contributed by atoms with Crippen LogP contribution in [0.4, 0.5) is 0 Å². The highest BCUT2D eigenvalue weighted by atomic mass is 32.2. The SMILES string of the molecule is Cc1ccc(S(=O)(=O)NCCNC(=O)c2cccc(COc3ccccc3C(N)=O)c2)cc1. The molecule has 0 aliphatic carbocycles. The predicted molar refractivity (Wildman–Crippen MR) is 124 cm³/mol. The maximum Gasteiger partial charge on any atom is 0.252 e. The Labute approximate surface area is 192 Å². The summed E-state index contributed by atoms with van der Waals surface area (Å²) in [6.45, 7) is 2.19. The van der Waals surface area contributed by atoms with E-state index in [0.29, 0.717) is 11.3 Å². The molecule has 4 N–H and O–H groups in total. The molecule has 0 aliphatic rings. The van der Waals surface area contributed by atoms with Crippen LogP contribution < -0.4 is 20.5 Å². The summed E-state index contributed by atoms with van der Waals surface area (Å²) in [6, 6.07) is 20.0. The van der Waals surface area contributed by atoms with Crippen LogP contribution >= 0.6 is 0 Å². The van der Waals surface area contributed by atoms with Crippen molar-refractivity contribution in [3.05, 3.63) is 95.1 Å². The fraction of sp³-hybridized carbons (Fsp3) is 0.167. The zero-order chi connectivity index (χ0) is 23.8. The number of rotatable bonds is 10. The average molecular weight is 468 g/mol. The molecule has 9 heteroatoms. The lowest BCUT2D eigenvalue weighted by Gasteiger charge is -2.11. The van der Waals surface area contributed by atoms with E-state index in [0.717, 1.165) is 11.1 Å². The van der Waals surface area contributed by atoms with Crippen molar-refractivity contribution in [1.82, 2.24) is 10.0 Å². The predicted octanol–water partition coefficient (Wildman–Crippen LogP) is 2.38. The Morgan fingerprint density at radius 2 is 1.67 bits per heavy atom. The fourth-order valence-electron chi connectivity index (χ4n) is 3.02. The molecule has 3 aromatic rings. The third kappa shape index (κ3) is 6.64. The lowest BCUT2D eigenvalue weighted by Crippen LogP contribution is -2.34. The molecule has 0 spiro atoms. The summed E-state index contributed by atoms with van der Waals surface area (Å²) in [5, 5.41) is 2.69. The molecule has 33 heavy (non-hydrogen) atoms. The van der Waals surface area contributed by atoms with E-state index in [4.69, 9.17) is 10.5 Å². The molecule has 0 unspecified atom stereocenters. The Kier molecular flexibility index (Phi) is 7.81. The number of nitrogens with one attached hydrogen (secondary N) is 2. The summed E-state index contributed by atoms with van der Waals surface area (Å²) in [5.41, 5.74) is 7.73. The number of amides is 2. The van der Waals surface area contributed by atoms with E-state index in [1.807, 2.05) is 6.92 Å². The second-order valence-corrected chi connectivity index (χ2v) is 9.08. The quantitative estimate of drug-likeness (QED) is 0.395. The number of hydrogen-bond donors (Lipinski definition) is 3. The number of para-hydroxylation sites is 1. The average Bonchev–Trinajstić information content (AvgIpc) is 2.81.